The van der Waals surface area contributed by atoms with Gasteiger partial charge in [-0.05, 0) is 37.5 Å². The number of halogens is 1. The van der Waals surface area contributed by atoms with E-state index in [0.717, 1.165) is 23.6 Å². The average molecular weight is 228 g/mol. The standard InChI is InChI=1S/C12H18ClNO/c1-9-3-4-11(7-12(9)13)8-14-10(2)5-6-15/h3-4,7,10,14-15H,5-6,8H2,1-2H3. The Balaban J connectivity index is 2.47. The first-order valence-corrected chi connectivity index (χ1v) is 5.60. The van der Waals surface area contributed by atoms with Crippen LogP contribution in [0.2, 0.25) is 5.02 Å². The normalized spacial score (nSPS) is 12.8. The van der Waals surface area contributed by atoms with E-state index in [9.17, 15) is 0 Å². The summed E-state index contributed by atoms with van der Waals surface area (Å²) < 4.78 is 0. The number of hydrogen-bond donors (Lipinski definition) is 2. The number of nitrogens with one attached hydrogen (secondary N) is 1. The molecule has 84 valence electrons. The molecule has 0 amide bonds. The van der Waals surface area contributed by atoms with Crippen molar-refractivity contribution in [3.63, 3.8) is 0 Å². The number of aliphatic hydroxyl groups is 1. The van der Waals surface area contributed by atoms with Crippen LogP contribution in [0.3, 0.4) is 0 Å². The van der Waals surface area contributed by atoms with Crippen molar-refractivity contribution in [2.75, 3.05) is 6.61 Å². The summed E-state index contributed by atoms with van der Waals surface area (Å²) in [5, 5.41) is 12.9. The van der Waals surface area contributed by atoms with Gasteiger partial charge < -0.3 is 10.4 Å². The van der Waals surface area contributed by atoms with E-state index in [0.29, 0.717) is 6.04 Å². The Hall–Kier alpha value is -0.570. The maximum absolute atomic E-state index is 8.75. The van der Waals surface area contributed by atoms with E-state index in [4.69, 9.17) is 16.7 Å². The van der Waals surface area contributed by atoms with E-state index in [1.807, 2.05) is 19.1 Å². The van der Waals surface area contributed by atoms with Gasteiger partial charge in [-0.1, -0.05) is 23.7 Å². The first-order chi connectivity index (χ1) is 7.13. The smallest absolute Gasteiger partial charge is 0.0445 e. The molecule has 1 rings (SSSR count). The topological polar surface area (TPSA) is 32.3 Å². The Labute approximate surface area is 96.3 Å². The van der Waals surface area contributed by atoms with Crippen LogP contribution in [0.15, 0.2) is 18.2 Å². The highest BCUT2D eigenvalue weighted by Gasteiger charge is 2.01. The molecule has 0 saturated heterocycles. The second-order valence-corrected chi connectivity index (χ2v) is 4.28. The molecule has 0 radical (unpaired) electrons. The summed E-state index contributed by atoms with van der Waals surface area (Å²) >= 11 is 6.02. The van der Waals surface area contributed by atoms with Crippen molar-refractivity contribution < 1.29 is 5.11 Å². The van der Waals surface area contributed by atoms with Crippen molar-refractivity contribution in [3.05, 3.63) is 34.3 Å². The second kappa shape index (κ2) is 6.11. The van der Waals surface area contributed by atoms with Gasteiger partial charge in [0.15, 0.2) is 0 Å². The summed E-state index contributed by atoms with van der Waals surface area (Å²) in [6, 6.07) is 6.40. The van der Waals surface area contributed by atoms with Crippen molar-refractivity contribution in [3.8, 4) is 0 Å². The molecule has 1 unspecified atom stereocenters. The Morgan fingerprint density at radius 2 is 2.20 bits per heavy atom. The third-order valence-electron chi connectivity index (χ3n) is 2.45. The van der Waals surface area contributed by atoms with Gasteiger partial charge in [-0.3, -0.25) is 0 Å². The molecule has 3 heteroatoms. The average Bonchev–Trinajstić information content (AvgIpc) is 2.20. The predicted octanol–water partition coefficient (Wildman–Crippen LogP) is 2.51. The van der Waals surface area contributed by atoms with Gasteiger partial charge in [0, 0.05) is 24.2 Å². The van der Waals surface area contributed by atoms with E-state index in [1.165, 1.54) is 5.56 Å². The maximum atomic E-state index is 8.75. The zero-order chi connectivity index (χ0) is 11.3. The Kier molecular flexibility index (Phi) is 5.09. The summed E-state index contributed by atoms with van der Waals surface area (Å²) in [7, 11) is 0. The molecule has 0 fully saturated rings. The molecule has 0 saturated carbocycles. The number of hydrogen-bond acceptors (Lipinski definition) is 2. The van der Waals surface area contributed by atoms with Crippen LogP contribution in [0.5, 0.6) is 0 Å². The molecule has 0 aliphatic rings. The first kappa shape index (κ1) is 12.5. The monoisotopic (exact) mass is 227 g/mol. The van der Waals surface area contributed by atoms with Crippen LogP contribution in [0.4, 0.5) is 0 Å². The molecule has 1 aromatic rings. The minimum absolute atomic E-state index is 0.225. The zero-order valence-electron chi connectivity index (χ0n) is 9.26. The minimum atomic E-state index is 0.225. The van der Waals surface area contributed by atoms with Gasteiger partial charge in [-0.25, -0.2) is 0 Å². The lowest BCUT2D eigenvalue weighted by Gasteiger charge is -2.12. The molecular weight excluding hydrogens is 210 g/mol. The van der Waals surface area contributed by atoms with Crippen molar-refractivity contribution in [1.29, 1.82) is 0 Å². The molecule has 0 aliphatic heterocycles. The Bertz CT molecular complexity index is 314. The van der Waals surface area contributed by atoms with Gasteiger partial charge in [0.25, 0.3) is 0 Å². The van der Waals surface area contributed by atoms with Crippen molar-refractivity contribution >= 4 is 11.6 Å². The molecule has 1 atom stereocenters. The summed E-state index contributed by atoms with van der Waals surface area (Å²) in [5.41, 5.74) is 2.28. The van der Waals surface area contributed by atoms with Crippen LogP contribution in [0, 0.1) is 6.92 Å². The molecular formula is C12H18ClNO. The summed E-state index contributed by atoms with van der Waals surface area (Å²) in [5.74, 6) is 0. The number of benzene rings is 1. The molecule has 2 nitrogen and oxygen atoms in total. The fraction of sp³-hybridized carbons (Fsp3) is 0.500. The van der Waals surface area contributed by atoms with E-state index in [1.54, 1.807) is 0 Å². The zero-order valence-corrected chi connectivity index (χ0v) is 10.0. The summed E-state index contributed by atoms with van der Waals surface area (Å²) in [4.78, 5) is 0. The summed E-state index contributed by atoms with van der Waals surface area (Å²) in [6.45, 7) is 5.07. The van der Waals surface area contributed by atoms with Crippen LogP contribution in [0.25, 0.3) is 0 Å². The van der Waals surface area contributed by atoms with Crippen LogP contribution in [0.1, 0.15) is 24.5 Å². The Morgan fingerprint density at radius 3 is 2.80 bits per heavy atom. The number of rotatable bonds is 5. The highest BCUT2D eigenvalue weighted by atomic mass is 35.5. The lowest BCUT2D eigenvalue weighted by Crippen LogP contribution is -2.26. The van der Waals surface area contributed by atoms with Crippen molar-refractivity contribution in [2.24, 2.45) is 0 Å². The molecule has 2 N–H and O–H groups in total. The number of aliphatic hydroxyl groups excluding tert-OH is 1. The van der Waals surface area contributed by atoms with Crippen LogP contribution in [-0.4, -0.2) is 17.8 Å². The van der Waals surface area contributed by atoms with Gasteiger partial charge >= 0.3 is 0 Å². The quantitative estimate of drug-likeness (QED) is 0.810. The SMILES string of the molecule is Cc1ccc(CNC(C)CCO)cc1Cl. The molecule has 0 aromatic heterocycles. The van der Waals surface area contributed by atoms with Crippen LogP contribution < -0.4 is 5.32 Å². The van der Waals surface area contributed by atoms with E-state index in [-0.39, 0.29) is 6.61 Å². The van der Waals surface area contributed by atoms with Crippen molar-refractivity contribution in [1.82, 2.24) is 5.32 Å². The fourth-order valence-corrected chi connectivity index (χ4v) is 1.54. The molecule has 0 spiro atoms. The highest BCUT2D eigenvalue weighted by molar-refractivity contribution is 6.31. The van der Waals surface area contributed by atoms with Gasteiger partial charge in [0.2, 0.25) is 0 Å². The minimum Gasteiger partial charge on any atom is -0.396 e. The summed E-state index contributed by atoms with van der Waals surface area (Å²) in [6.07, 6.45) is 0.777. The second-order valence-electron chi connectivity index (χ2n) is 3.88. The van der Waals surface area contributed by atoms with Crippen LogP contribution >= 0.6 is 11.6 Å². The van der Waals surface area contributed by atoms with Crippen molar-refractivity contribution in [2.45, 2.75) is 32.9 Å². The lowest BCUT2D eigenvalue weighted by molar-refractivity contribution is 0.268. The van der Waals surface area contributed by atoms with Gasteiger partial charge in [0.05, 0.1) is 0 Å². The van der Waals surface area contributed by atoms with Gasteiger partial charge in [-0.2, -0.15) is 0 Å². The maximum Gasteiger partial charge on any atom is 0.0445 e. The number of aryl methyl sites for hydroxylation is 1. The molecule has 15 heavy (non-hydrogen) atoms. The fourth-order valence-electron chi connectivity index (χ4n) is 1.33. The highest BCUT2D eigenvalue weighted by Crippen LogP contribution is 2.16. The third-order valence-corrected chi connectivity index (χ3v) is 2.86. The largest absolute Gasteiger partial charge is 0.396 e. The van der Waals surface area contributed by atoms with Gasteiger partial charge in [-0.15, -0.1) is 0 Å². The lowest BCUT2D eigenvalue weighted by atomic mass is 10.1. The predicted molar refractivity (Wildman–Crippen MR) is 64.2 cm³/mol. The molecule has 0 heterocycles. The van der Waals surface area contributed by atoms with Crippen LogP contribution in [-0.2, 0) is 6.54 Å². The van der Waals surface area contributed by atoms with E-state index < -0.39 is 0 Å². The third kappa shape index (κ3) is 4.20. The van der Waals surface area contributed by atoms with Gasteiger partial charge in [0.1, 0.15) is 0 Å². The van der Waals surface area contributed by atoms with E-state index >= 15 is 0 Å². The molecule has 1 aromatic carbocycles. The molecule has 0 bridgehead atoms. The molecule has 0 aliphatic carbocycles. The Morgan fingerprint density at radius 1 is 1.47 bits per heavy atom. The van der Waals surface area contributed by atoms with E-state index in [2.05, 4.69) is 18.3 Å². The first-order valence-electron chi connectivity index (χ1n) is 5.22.